The molecule has 1 atom stereocenters. The van der Waals surface area contributed by atoms with Gasteiger partial charge in [0.1, 0.15) is 5.75 Å². The molecule has 1 N–H and O–H groups in total. The number of methoxy groups -OCH3 is 1. The molecule has 0 spiro atoms. The summed E-state index contributed by atoms with van der Waals surface area (Å²) in [6.07, 6.45) is 2.52. The zero-order valence-corrected chi connectivity index (χ0v) is 18.0. The first kappa shape index (κ1) is 20.7. The summed E-state index contributed by atoms with van der Waals surface area (Å²) in [5.74, 6) is 1.41. The Labute approximate surface area is 168 Å². The first-order chi connectivity index (χ1) is 13.3. The number of sulfonamides is 1. The van der Waals surface area contributed by atoms with Crippen LogP contribution >= 0.6 is 0 Å². The van der Waals surface area contributed by atoms with Crippen LogP contribution in [0.3, 0.4) is 0 Å². The molecule has 1 saturated heterocycles. The molecular weight excluding hydrogens is 372 g/mol. The van der Waals surface area contributed by atoms with Crippen LogP contribution in [-0.4, -0.2) is 28.6 Å². The average Bonchev–Trinajstić information content (AvgIpc) is 2.69. The van der Waals surface area contributed by atoms with E-state index in [1.807, 2.05) is 19.1 Å². The summed E-state index contributed by atoms with van der Waals surface area (Å²) >= 11 is 0. The molecule has 1 aliphatic heterocycles. The highest BCUT2D eigenvalue weighted by Crippen LogP contribution is 2.27. The Hall–Kier alpha value is -2.05. The second-order valence-corrected chi connectivity index (χ2v) is 9.44. The van der Waals surface area contributed by atoms with Gasteiger partial charge in [0, 0.05) is 25.3 Å². The van der Waals surface area contributed by atoms with E-state index in [2.05, 4.69) is 28.7 Å². The van der Waals surface area contributed by atoms with Crippen LogP contribution in [0.5, 0.6) is 5.75 Å². The van der Waals surface area contributed by atoms with E-state index in [1.165, 1.54) is 18.5 Å². The molecule has 6 heteroatoms. The van der Waals surface area contributed by atoms with Crippen LogP contribution < -0.4 is 14.4 Å². The highest BCUT2D eigenvalue weighted by Gasteiger charge is 2.20. The van der Waals surface area contributed by atoms with E-state index in [4.69, 9.17) is 4.74 Å². The highest BCUT2D eigenvalue weighted by molar-refractivity contribution is 7.89. The largest absolute Gasteiger partial charge is 0.496 e. The van der Waals surface area contributed by atoms with Crippen LogP contribution in [0, 0.1) is 19.8 Å². The third-order valence-corrected chi connectivity index (χ3v) is 7.17. The fraction of sp³-hybridized carbons (Fsp3) is 0.455. The molecule has 2 aromatic rings. The topological polar surface area (TPSA) is 58.6 Å². The van der Waals surface area contributed by atoms with Crippen LogP contribution in [0.2, 0.25) is 0 Å². The molecule has 0 amide bonds. The Morgan fingerprint density at radius 1 is 1.11 bits per heavy atom. The molecule has 0 radical (unpaired) electrons. The lowest BCUT2D eigenvalue weighted by Crippen LogP contribution is -2.34. The Morgan fingerprint density at radius 2 is 1.82 bits per heavy atom. The summed E-state index contributed by atoms with van der Waals surface area (Å²) in [6.45, 7) is 8.41. The molecular formula is C22H30N2O3S. The summed E-state index contributed by atoms with van der Waals surface area (Å²) in [7, 11) is -2.00. The predicted molar refractivity (Wildman–Crippen MR) is 114 cm³/mol. The van der Waals surface area contributed by atoms with Gasteiger partial charge in [0.05, 0.1) is 12.0 Å². The van der Waals surface area contributed by atoms with Crippen molar-refractivity contribution in [3.8, 4) is 5.75 Å². The Kier molecular flexibility index (Phi) is 6.30. The van der Waals surface area contributed by atoms with Gasteiger partial charge in [0.25, 0.3) is 0 Å². The lowest BCUT2D eigenvalue weighted by Gasteiger charge is -2.32. The van der Waals surface area contributed by atoms with Crippen molar-refractivity contribution in [3.63, 3.8) is 0 Å². The molecule has 5 nitrogen and oxygen atoms in total. The van der Waals surface area contributed by atoms with Crippen molar-refractivity contribution in [1.82, 2.24) is 4.72 Å². The number of hydrogen-bond acceptors (Lipinski definition) is 4. The number of hydrogen-bond donors (Lipinski definition) is 1. The van der Waals surface area contributed by atoms with Crippen molar-refractivity contribution in [2.75, 3.05) is 25.1 Å². The van der Waals surface area contributed by atoms with Gasteiger partial charge < -0.3 is 9.64 Å². The number of nitrogens with zero attached hydrogens (tertiary/aromatic N) is 1. The normalized spacial score (nSPS) is 17.6. The van der Waals surface area contributed by atoms with E-state index < -0.39 is 10.0 Å². The third-order valence-electron chi connectivity index (χ3n) is 5.62. The van der Waals surface area contributed by atoms with Gasteiger partial charge >= 0.3 is 0 Å². The number of anilines is 1. The molecule has 0 saturated carbocycles. The van der Waals surface area contributed by atoms with Crippen LogP contribution in [0.1, 0.15) is 36.5 Å². The molecule has 3 rings (SSSR count). The fourth-order valence-corrected chi connectivity index (χ4v) is 5.10. The van der Waals surface area contributed by atoms with Crippen LogP contribution in [0.15, 0.2) is 41.3 Å². The Morgan fingerprint density at radius 3 is 2.46 bits per heavy atom. The second kappa shape index (κ2) is 8.53. The summed E-state index contributed by atoms with van der Waals surface area (Å²) in [4.78, 5) is 2.70. The molecule has 1 aliphatic rings. The minimum absolute atomic E-state index is 0.267. The molecule has 152 valence electrons. The summed E-state index contributed by atoms with van der Waals surface area (Å²) in [5, 5.41) is 0. The molecule has 1 unspecified atom stereocenters. The lowest BCUT2D eigenvalue weighted by molar-refractivity contribution is 0.410. The van der Waals surface area contributed by atoms with Crippen molar-refractivity contribution in [2.24, 2.45) is 5.92 Å². The monoisotopic (exact) mass is 402 g/mol. The number of rotatable bonds is 6. The van der Waals surface area contributed by atoms with Gasteiger partial charge in [0.15, 0.2) is 0 Å². The minimum Gasteiger partial charge on any atom is -0.496 e. The van der Waals surface area contributed by atoms with Gasteiger partial charge in [-0.1, -0.05) is 19.1 Å². The fourth-order valence-electron chi connectivity index (χ4n) is 3.79. The summed E-state index contributed by atoms with van der Waals surface area (Å²) < 4.78 is 33.5. The quantitative estimate of drug-likeness (QED) is 0.793. The van der Waals surface area contributed by atoms with E-state index in [1.54, 1.807) is 26.2 Å². The van der Waals surface area contributed by atoms with Gasteiger partial charge in [-0.15, -0.1) is 0 Å². The van der Waals surface area contributed by atoms with Crippen LogP contribution in [-0.2, 0) is 16.6 Å². The third kappa shape index (κ3) is 4.50. The molecule has 1 fully saturated rings. The predicted octanol–water partition coefficient (Wildman–Crippen LogP) is 4.03. The van der Waals surface area contributed by atoms with Gasteiger partial charge in [-0.25, -0.2) is 13.1 Å². The summed E-state index contributed by atoms with van der Waals surface area (Å²) in [5.41, 5.74) is 3.70. The zero-order chi connectivity index (χ0) is 20.3. The number of nitrogens with one attached hydrogen (secondary N) is 1. The Balaban J connectivity index is 1.69. The van der Waals surface area contributed by atoms with Crippen molar-refractivity contribution in [2.45, 2.75) is 45.1 Å². The number of piperidine rings is 1. The number of ether oxygens (including phenoxy) is 1. The van der Waals surface area contributed by atoms with Crippen molar-refractivity contribution in [3.05, 3.63) is 53.1 Å². The van der Waals surface area contributed by atoms with E-state index in [0.29, 0.717) is 16.2 Å². The standard InChI is InChI=1S/C22H30N2O3S/c1-16-6-5-13-24(15-16)20-9-7-19(8-10-20)14-23-28(25,26)22-12-11-21(27-4)17(2)18(22)3/h7-12,16,23H,5-6,13-15H2,1-4H3. The van der Waals surface area contributed by atoms with Gasteiger partial charge in [-0.2, -0.15) is 0 Å². The number of benzene rings is 2. The Bertz CT molecular complexity index is 924. The maximum Gasteiger partial charge on any atom is 0.241 e. The van der Waals surface area contributed by atoms with Crippen molar-refractivity contribution >= 4 is 15.7 Å². The van der Waals surface area contributed by atoms with Gasteiger partial charge in [-0.05, 0) is 73.6 Å². The van der Waals surface area contributed by atoms with Crippen LogP contribution in [0.25, 0.3) is 0 Å². The van der Waals surface area contributed by atoms with Crippen LogP contribution in [0.4, 0.5) is 5.69 Å². The first-order valence-electron chi connectivity index (χ1n) is 9.79. The highest BCUT2D eigenvalue weighted by atomic mass is 32.2. The summed E-state index contributed by atoms with van der Waals surface area (Å²) in [6, 6.07) is 11.5. The molecule has 28 heavy (non-hydrogen) atoms. The van der Waals surface area contributed by atoms with Gasteiger partial charge in [0.2, 0.25) is 10.0 Å². The maximum absolute atomic E-state index is 12.8. The first-order valence-corrected chi connectivity index (χ1v) is 11.3. The molecule has 0 bridgehead atoms. The van der Waals surface area contributed by atoms with E-state index in [0.717, 1.165) is 30.1 Å². The molecule has 2 aromatic carbocycles. The van der Waals surface area contributed by atoms with E-state index >= 15 is 0 Å². The van der Waals surface area contributed by atoms with E-state index in [-0.39, 0.29) is 6.54 Å². The van der Waals surface area contributed by atoms with E-state index in [9.17, 15) is 8.42 Å². The SMILES string of the molecule is COc1ccc(S(=O)(=O)NCc2ccc(N3CCCC(C)C3)cc2)c(C)c1C. The lowest BCUT2D eigenvalue weighted by atomic mass is 9.99. The average molecular weight is 403 g/mol. The molecule has 1 heterocycles. The zero-order valence-electron chi connectivity index (χ0n) is 17.2. The van der Waals surface area contributed by atoms with Crippen molar-refractivity contribution < 1.29 is 13.2 Å². The van der Waals surface area contributed by atoms with Crippen molar-refractivity contribution in [1.29, 1.82) is 0 Å². The second-order valence-electron chi connectivity index (χ2n) is 7.70. The molecule has 0 aromatic heterocycles. The smallest absolute Gasteiger partial charge is 0.241 e. The molecule has 0 aliphatic carbocycles. The van der Waals surface area contributed by atoms with Gasteiger partial charge in [-0.3, -0.25) is 0 Å². The maximum atomic E-state index is 12.8. The minimum atomic E-state index is -3.59.